The topological polar surface area (TPSA) is 41.5 Å². The maximum atomic E-state index is 12.3. The molecule has 2 heterocycles. The van der Waals surface area contributed by atoms with Crippen LogP contribution >= 0.6 is 34.3 Å². The standard InChI is InChI=1S/C17H15ClN2OS2/c1-3-11-5-6-12(22-11)9-19-20-17(21)16-15(18)13-7-4-10(2)8-14(13)23-16/h4-9H,3H2,1-2H3,(H,20,21). The van der Waals surface area contributed by atoms with E-state index in [0.29, 0.717) is 9.90 Å². The summed E-state index contributed by atoms with van der Waals surface area (Å²) < 4.78 is 1.01. The Hall–Kier alpha value is -1.69. The van der Waals surface area contributed by atoms with Gasteiger partial charge in [-0.2, -0.15) is 5.10 Å². The summed E-state index contributed by atoms with van der Waals surface area (Å²) in [6, 6.07) is 10.0. The molecule has 23 heavy (non-hydrogen) atoms. The van der Waals surface area contributed by atoms with E-state index in [9.17, 15) is 4.79 Å². The van der Waals surface area contributed by atoms with Crippen LogP contribution in [-0.4, -0.2) is 12.1 Å². The zero-order chi connectivity index (χ0) is 16.4. The van der Waals surface area contributed by atoms with Crippen LogP contribution in [0.15, 0.2) is 35.4 Å². The quantitative estimate of drug-likeness (QED) is 0.499. The fraction of sp³-hybridized carbons (Fsp3) is 0.176. The average molecular weight is 363 g/mol. The Morgan fingerprint density at radius 3 is 2.87 bits per heavy atom. The number of benzene rings is 1. The Morgan fingerprint density at radius 1 is 1.30 bits per heavy atom. The van der Waals surface area contributed by atoms with Crippen molar-refractivity contribution in [2.24, 2.45) is 5.10 Å². The van der Waals surface area contributed by atoms with E-state index in [2.05, 4.69) is 23.5 Å². The van der Waals surface area contributed by atoms with Crippen LogP contribution in [0.4, 0.5) is 0 Å². The van der Waals surface area contributed by atoms with Gasteiger partial charge in [0.05, 0.1) is 11.2 Å². The largest absolute Gasteiger partial charge is 0.283 e. The first-order valence-electron chi connectivity index (χ1n) is 7.19. The van der Waals surface area contributed by atoms with Gasteiger partial charge in [0, 0.05) is 19.8 Å². The third-order valence-electron chi connectivity index (χ3n) is 3.38. The van der Waals surface area contributed by atoms with Crippen LogP contribution in [0.2, 0.25) is 5.02 Å². The second-order valence-electron chi connectivity index (χ2n) is 5.10. The molecule has 0 aliphatic heterocycles. The number of carbonyl (C=O) groups is 1. The fourth-order valence-corrected chi connectivity index (χ4v) is 4.51. The first-order valence-corrected chi connectivity index (χ1v) is 9.20. The van der Waals surface area contributed by atoms with Crippen molar-refractivity contribution in [2.75, 3.05) is 0 Å². The number of hydrogen-bond acceptors (Lipinski definition) is 4. The normalized spacial score (nSPS) is 11.4. The lowest BCUT2D eigenvalue weighted by atomic mass is 10.2. The van der Waals surface area contributed by atoms with Gasteiger partial charge in [-0.1, -0.05) is 30.7 Å². The molecule has 2 aromatic heterocycles. The number of aryl methyl sites for hydroxylation is 2. The maximum Gasteiger partial charge on any atom is 0.283 e. The van der Waals surface area contributed by atoms with Gasteiger partial charge in [0.25, 0.3) is 5.91 Å². The van der Waals surface area contributed by atoms with Gasteiger partial charge in [-0.3, -0.25) is 4.79 Å². The second-order valence-corrected chi connectivity index (χ2v) is 7.73. The first kappa shape index (κ1) is 16.2. The van der Waals surface area contributed by atoms with E-state index >= 15 is 0 Å². The third kappa shape index (κ3) is 3.47. The van der Waals surface area contributed by atoms with Gasteiger partial charge < -0.3 is 0 Å². The Bertz CT molecular complexity index is 895. The summed E-state index contributed by atoms with van der Waals surface area (Å²) in [4.78, 5) is 15.1. The molecule has 3 aromatic rings. The van der Waals surface area contributed by atoms with E-state index in [4.69, 9.17) is 11.6 Å². The highest BCUT2D eigenvalue weighted by molar-refractivity contribution is 7.21. The molecule has 1 amide bonds. The molecule has 6 heteroatoms. The molecule has 0 atom stereocenters. The van der Waals surface area contributed by atoms with Crippen LogP contribution in [0.3, 0.4) is 0 Å². The highest BCUT2D eigenvalue weighted by Gasteiger charge is 2.16. The van der Waals surface area contributed by atoms with Crippen molar-refractivity contribution < 1.29 is 4.79 Å². The Kier molecular flexibility index (Phi) is 4.80. The summed E-state index contributed by atoms with van der Waals surface area (Å²) in [6.07, 6.45) is 2.66. The zero-order valence-corrected chi connectivity index (χ0v) is 15.1. The minimum atomic E-state index is -0.280. The second kappa shape index (κ2) is 6.83. The minimum absolute atomic E-state index is 0.280. The molecule has 0 saturated carbocycles. The zero-order valence-electron chi connectivity index (χ0n) is 12.7. The van der Waals surface area contributed by atoms with Gasteiger partial charge >= 0.3 is 0 Å². The van der Waals surface area contributed by atoms with E-state index < -0.39 is 0 Å². The lowest BCUT2D eigenvalue weighted by Gasteiger charge is -1.96. The summed E-state index contributed by atoms with van der Waals surface area (Å²) >= 11 is 9.37. The van der Waals surface area contributed by atoms with E-state index in [1.807, 2.05) is 31.2 Å². The fourth-order valence-electron chi connectivity index (χ4n) is 2.18. The summed E-state index contributed by atoms with van der Waals surface area (Å²) in [7, 11) is 0. The summed E-state index contributed by atoms with van der Waals surface area (Å²) in [6.45, 7) is 4.13. The first-order chi connectivity index (χ1) is 11.1. The van der Waals surface area contributed by atoms with Gasteiger partial charge in [-0.15, -0.1) is 22.7 Å². The van der Waals surface area contributed by atoms with E-state index in [-0.39, 0.29) is 5.91 Å². The van der Waals surface area contributed by atoms with Crippen LogP contribution < -0.4 is 5.43 Å². The van der Waals surface area contributed by atoms with Crippen molar-refractivity contribution in [1.29, 1.82) is 0 Å². The van der Waals surface area contributed by atoms with E-state index in [1.54, 1.807) is 17.6 Å². The molecule has 0 unspecified atom stereocenters. The number of fused-ring (bicyclic) bond motifs is 1. The highest BCUT2D eigenvalue weighted by Crippen LogP contribution is 2.35. The average Bonchev–Trinajstić information content (AvgIpc) is 3.12. The number of rotatable bonds is 4. The monoisotopic (exact) mass is 362 g/mol. The molecule has 118 valence electrons. The molecule has 0 bridgehead atoms. The van der Waals surface area contributed by atoms with Gasteiger partial charge in [-0.05, 0) is 37.1 Å². The number of hydrogen-bond donors (Lipinski definition) is 1. The van der Waals surface area contributed by atoms with Gasteiger partial charge in [0.15, 0.2) is 0 Å². The van der Waals surface area contributed by atoms with Crippen molar-refractivity contribution in [2.45, 2.75) is 20.3 Å². The van der Waals surface area contributed by atoms with Crippen LogP contribution in [0.1, 0.15) is 31.9 Å². The lowest BCUT2D eigenvalue weighted by molar-refractivity contribution is 0.0959. The molecule has 0 fully saturated rings. The number of amides is 1. The van der Waals surface area contributed by atoms with Crippen molar-refractivity contribution in [1.82, 2.24) is 5.43 Å². The Labute approximate surface area is 147 Å². The minimum Gasteiger partial charge on any atom is -0.266 e. The van der Waals surface area contributed by atoms with Gasteiger partial charge in [0.2, 0.25) is 0 Å². The molecule has 3 rings (SSSR count). The molecule has 1 N–H and O–H groups in total. The molecule has 3 nitrogen and oxygen atoms in total. The summed E-state index contributed by atoms with van der Waals surface area (Å²) in [5.74, 6) is -0.280. The number of thiophene rings is 2. The van der Waals surface area contributed by atoms with Crippen LogP contribution in [0.25, 0.3) is 10.1 Å². The van der Waals surface area contributed by atoms with E-state index in [0.717, 1.165) is 26.9 Å². The number of nitrogens with zero attached hydrogens (tertiary/aromatic N) is 1. The van der Waals surface area contributed by atoms with Crippen molar-refractivity contribution in [3.8, 4) is 0 Å². The van der Waals surface area contributed by atoms with Gasteiger partial charge in [0.1, 0.15) is 4.88 Å². The van der Waals surface area contributed by atoms with Crippen molar-refractivity contribution in [3.05, 3.63) is 55.5 Å². The molecular formula is C17H15ClN2OS2. The summed E-state index contributed by atoms with van der Waals surface area (Å²) in [5.41, 5.74) is 3.70. The maximum absolute atomic E-state index is 12.3. The third-order valence-corrected chi connectivity index (χ3v) is 6.20. The molecule has 0 aliphatic carbocycles. The SMILES string of the molecule is CCc1ccc(C=NNC(=O)c2sc3cc(C)ccc3c2Cl)s1. The molecule has 0 radical (unpaired) electrons. The lowest BCUT2D eigenvalue weighted by Crippen LogP contribution is -2.16. The Morgan fingerprint density at radius 2 is 2.13 bits per heavy atom. The summed E-state index contributed by atoms with van der Waals surface area (Å²) in [5, 5.41) is 5.42. The molecule has 0 saturated heterocycles. The number of nitrogens with one attached hydrogen (secondary N) is 1. The predicted octanol–water partition coefficient (Wildman–Crippen LogP) is 5.25. The van der Waals surface area contributed by atoms with Crippen LogP contribution in [0.5, 0.6) is 0 Å². The Balaban J connectivity index is 1.76. The van der Waals surface area contributed by atoms with Crippen molar-refractivity contribution >= 4 is 56.5 Å². The van der Waals surface area contributed by atoms with E-state index in [1.165, 1.54) is 16.2 Å². The van der Waals surface area contributed by atoms with Crippen molar-refractivity contribution in [3.63, 3.8) is 0 Å². The van der Waals surface area contributed by atoms with Gasteiger partial charge in [-0.25, -0.2) is 5.43 Å². The predicted molar refractivity (Wildman–Crippen MR) is 100 cm³/mol. The van der Waals surface area contributed by atoms with Crippen LogP contribution in [0, 0.1) is 6.92 Å². The smallest absolute Gasteiger partial charge is 0.266 e. The van der Waals surface area contributed by atoms with Crippen LogP contribution in [-0.2, 0) is 6.42 Å². The number of hydrazone groups is 1. The number of halogens is 1. The molecule has 1 aromatic carbocycles. The molecular weight excluding hydrogens is 348 g/mol. The molecule has 0 spiro atoms. The highest BCUT2D eigenvalue weighted by atomic mass is 35.5. The number of carbonyl (C=O) groups excluding carboxylic acids is 1. The molecule has 0 aliphatic rings.